The van der Waals surface area contributed by atoms with Gasteiger partial charge in [-0.05, 0) is 32.1 Å². The Morgan fingerprint density at radius 2 is 1.03 bits per heavy atom. The standard InChI is InChI=1S/C10H15N3O4S.C10H15N3O3S.C9H13N3O4S.C9H13N3O3S.CH4/c1-3-6(2)4-17-7(14)5-18-9-8(15)11-10(16)13-12-9;1-3-4-5-16-8(14)6-17-10-9(15)11-7(2)12-13-10;1-5(2)3-16-6(13)4-17-8-7(14)10-9(15)12-11-8;1-5(2)15-7(13)4-16-9-8(14)10-6(3)11-12-9;/h6H,3-5H2,1-2H3,(H2,11,13,15,16);12H,2-6H2,1H3,(H,11,15);5H,3-4H2,1-2H3,(H2,10,12,14,15);5,11H,3-4H2,1-2H3,(H,10,14);1H4. The molecule has 2 amide bonds. The van der Waals surface area contributed by atoms with Gasteiger partial charge in [-0.15, -0.1) is 0 Å². The average Bonchev–Trinajstić information content (AvgIpc) is 3.27. The second-order valence-electron chi connectivity index (χ2n) is 14.1. The molecule has 26 nitrogen and oxygen atoms in total. The van der Waals surface area contributed by atoms with Crippen molar-refractivity contribution >= 4 is 92.8 Å². The van der Waals surface area contributed by atoms with E-state index in [1.807, 2.05) is 44.6 Å². The highest BCUT2D eigenvalue weighted by Crippen LogP contribution is 2.12. The summed E-state index contributed by atoms with van der Waals surface area (Å²) in [6.07, 6.45) is 2.59. The molecule has 69 heavy (non-hydrogen) atoms. The van der Waals surface area contributed by atoms with Crippen LogP contribution in [0.4, 0.5) is 0 Å². The summed E-state index contributed by atoms with van der Waals surface area (Å²) in [5.41, 5.74) is 2.46. The van der Waals surface area contributed by atoms with Crippen molar-refractivity contribution in [2.75, 3.05) is 42.8 Å². The van der Waals surface area contributed by atoms with Crippen LogP contribution in [0.25, 0.3) is 0 Å². The molecular formula is C39H60N12O14S4. The second kappa shape index (κ2) is 35.0. The Balaban J connectivity index is 0.000000890. The first-order valence-corrected chi connectivity index (χ1v) is 24.3. The van der Waals surface area contributed by atoms with E-state index in [0.717, 1.165) is 66.3 Å². The quantitative estimate of drug-likeness (QED) is 0.0425. The zero-order valence-electron chi connectivity index (χ0n) is 38.4. The molecule has 0 spiro atoms. The van der Waals surface area contributed by atoms with Crippen LogP contribution in [0.5, 0.6) is 0 Å². The predicted molar refractivity (Wildman–Crippen MR) is 263 cm³/mol. The number of rotatable bonds is 19. The van der Waals surface area contributed by atoms with Gasteiger partial charge in [0.1, 0.15) is 11.6 Å². The first-order valence-electron chi connectivity index (χ1n) is 20.4. The van der Waals surface area contributed by atoms with Crippen LogP contribution in [-0.2, 0) is 47.7 Å². The Bertz CT molecular complexity index is 2350. The van der Waals surface area contributed by atoms with E-state index in [4.69, 9.17) is 18.9 Å². The third kappa shape index (κ3) is 29.4. The van der Waals surface area contributed by atoms with Crippen molar-refractivity contribution in [3.63, 3.8) is 0 Å². The summed E-state index contributed by atoms with van der Waals surface area (Å²) in [5, 5.41) is 24.1. The summed E-state index contributed by atoms with van der Waals surface area (Å²) in [6.45, 7) is 21.5. The Labute approximate surface area is 413 Å². The molecule has 8 N–H and O–H groups in total. The fourth-order valence-electron chi connectivity index (χ4n) is 3.71. The number of hydrogen-bond acceptors (Lipinski definition) is 24. The lowest BCUT2D eigenvalue weighted by atomic mass is 10.1. The molecule has 2 aromatic heterocycles. The number of aromatic amines is 4. The Morgan fingerprint density at radius 1 is 0.609 bits per heavy atom. The SMILES string of the molecule is C.C=C1NN=C(SCC(=O)OC(C)C)C(=O)N1.C=C1NN=C(SCC(=O)OCCCC)C(=O)N1.CC(C)COC(=O)CSc1n[nH]c(=O)[nH]c1=O.CCC(C)COC(=O)CSc1n[nH]c(=O)[nH]c1=O. The van der Waals surface area contributed by atoms with Crippen LogP contribution in [0, 0.1) is 11.8 Å². The molecule has 0 aromatic carbocycles. The van der Waals surface area contributed by atoms with Gasteiger partial charge in [-0.25, -0.2) is 19.8 Å². The van der Waals surface area contributed by atoms with E-state index in [-0.39, 0.29) is 86.4 Å². The molecule has 1 atom stereocenters. The van der Waals surface area contributed by atoms with Gasteiger partial charge in [0, 0.05) is 0 Å². The minimum absolute atomic E-state index is 0. The van der Waals surface area contributed by atoms with Crippen molar-refractivity contribution in [2.45, 2.75) is 91.3 Å². The highest BCUT2D eigenvalue weighted by Gasteiger charge is 2.21. The highest BCUT2D eigenvalue weighted by atomic mass is 32.2. The fraction of sp³-hybridized carbons (Fsp3) is 0.538. The molecule has 0 saturated carbocycles. The van der Waals surface area contributed by atoms with Gasteiger partial charge in [0.05, 0.1) is 48.9 Å². The molecule has 2 aliphatic heterocycles. The minimum atomic E-state index is -0.679. The topological polar surface area (TPSA) is 369 Å². The van der Waals surface area contributed by atoms with Crippen LogP contribution in [0.3, 0.4) is 0 Å². The number of hydrogen-bond donors (Lipinski definition) is 8. The van der Waals surface area contributed by atoms with Crippen molar-refractivity contribution < 1.29 is 47.7 Å². The molecule has 0 fully saturated rings. The normalized spacial score (nSPS) is 12.9. The maximum atomic E-state index is 11.4. The number of aromatic nitrogens is 6. The molecule has 2 aliphatic rings. The van der Waals surface area contributed by atoms with Crippen LogP contribution in [-0.4, -0.2) is 125 Å². The number of nitrogens with one attached hydrogen (secondary N) is 8. The second-order valence-corrected chi connectivity index (χ2v) is 17.9. The van der Waals surface area contributed by atoms with E-state index >= 15 is 0 Å². The summed E-state index contributed by atoms with van der Waals surface area (Å²) >= 11 is 3.89. The first-order chi connectivity index (χ1) is 32.1. The van der Waals surface area contributed by atoms with Gasteiger partial charge < -0.3 is 29.6 Å². The zero-order valence-corrected chi connectivity index (χ0v) is 41.6. The Hall–Kier alpha value is -6.14. The van der Waals surface area contributed by atoms with Gasteiger partial charge in [0.15, 0.2) is 20.1 Å². The molecule has 4 heterocycles. The molecule has 30 heteroatoms. The molecule has 4 rings (SSSR count). The monoisotopic (exact) mass is 1050 g/mol. The van der Waals surface area contributed by atoms with Crippen LogP contribution in [0.1, 0.15) is 75.2 Å². The summed E-state index contributed by atoms with van der Waals surface area (Å²) in [5.74, 6) is -0.967. The van der Waals surface area contributed by atoms with Gasteiger partial charge in [-0.3, -0.25) is 59.2 Å². The third-order valence-corrected chi connectivity index (χ3v) is 10.8. The van der Waals surface area contributed by atoms with Gasteiger partial charge in [0.2, 0.25) is 0 Å². The molecular weight excluding hydrogens is 989 g/mol. The molecule has 2 aromatic rings. The number of H-pyrrole nitrogens is 4. The van der Waals surface area contributed by atoms with E-state index in [1.165, 1.54) is 0 Å². The Kier molecular flexibility index (Phi) is 31.9. The molecule has 0 saturated heterocycles. The number of nitrogens with zero attached hydrogens (tertiary/aromatic N) is 4. The van der Waals surface area contributed by atoms with Gasteiger partial charge in [-0.2, -0.15) is 20.4 Å². The van der Waals surface area contributed by atoms with Crippen LogP contribution < -0.4 is 44.0 Å². The average molecular weight is 1050 g/mol. The number of ether oxygens (including phenoxy) is 4. The van der Waals surface area contributed by atoms with Crippen LogP contribution in [0.2, 0.25) is 0 Å². The molecule has 0 aliphatic carbocycles. The molecule has 384 valence electrons. The Morgan fingerprint density at radius 3 is 1.42 bits per heavy atom. The maximum absolute atomic E-state index is 11.4. The number of thioether (sulfide) groups is 4. The van der Waals surface area contributed by atoms with Crippen molar-refractivity contribution in [3.8, 4) is 0 Å². The first kappa shape index (κ1) is 62.9. The molecule has 0 bridgehead atoms. The molecule has 1 unspecified atom stereocenters. The van der Waals surface area contributed by atoms with Crippen molar-refractivity contribution in [3.05, 3.63) is 66.5 Å². The largest absolute Gasteiger partial charge is 0.465 e. The summed E-state index contributed by atoms with van der Waals surface area (Å²) in [4.78, 5) is 116. The number of hydrazone groups is 2. The highest BCUT2D eigenvalue weighted by molar-refractivity contribution is 8.16. The third-order valence-electron chi connectivity index (χ3n) is 7.10. The zero-order chi connectivity index (χ0) is 51.2. The van der Waals surface area contributed by atoms with Gasteiger partial charge in [0.25, 0.3) is 22.9 Å². The van der Waals surface area contributed by atoms with E-state index in [2.05, 4.69) is 65.2 Å². The summed E-state index contributed by atoms with van der Waals surface area (Å²) in [7, 11) is 0. The lowest BCUT2D eigenvalue weighted by Gasteiger charge is -2.15. The number of carbonyl (C=O) groups excluding carboxylic acids is 6. The van der Waals surface area contributed by atoms with E-state index < -0.39 is 34.4 Å². The lowest BCUT2D eigenvalue weighted by Crippen LogP contribution is -2.39. The fourth-order valence-corrected chi connectivity index (χ4v) is 6.22. The van der Waals surface area contributed by atoms with E-state index in [1.54, 1.807) is 13.8 Å². The van der Waals surface area contributed by atoms with Crippen molar-refractivity contribution in [1.29, 1.82) is 0 Å². The molecule has 0 radical (unpaired) electrons. The van der Waals surface area contributed by atoms with Gasteiger partial charge >= 0.3 is 35.3 Å². The van der Waals surface area contributed by atoms with Crippen LogP contribution in [0.15, 0.2) is 64.2 Å². The maximum Gasteiger partial charge on any atom is 0.342 e. The van der Waals surface area contributed by atoms with Crippen molar-refractivity contribution in [2.24, 2.45) is 22.0 Å². The smallest absolute Gasteiger partial charge is 0.342 e. The number of unbranched alkanes of at least 4 members (excludes halogenated alkanes) is 1. The summed E-state index contributed by atoms with van der Waals surface area (Å²) in [6, 6.07) is 0. The minimum Gasteiger partial charge on any atom is -0.465 e. The van der Waals surface area contributed by atoms with E-state index in [9.17, 15) is 47.9 Å². The predicted octanol–water partition coefficient (Wildman–Crippen LogP) is 1.27. The van der Waals surface area contributed by atoms with Crippen molar-refractivity contribution in [1.82, 2.24) is 51.8 Å². The summed E-state index contributed by atoms with van der Waals surface area (Å²) < 4.78 is 19.8. The van der Waals surface area contributed by atoms with Crippen LogP contribution >= 0.6 is 47.0 Å². The number of amides is 2. The number of esters is 4. The van der Waals surface area contributed by atoms with E-state index in [0.29, 0.717) is 37.4 Å². The van der Waals surface area contributed by atoms with Gasteiger partial charge in [-0.1, -0.05) is 115 Å². The number of carbonyl (C=O) groups is 6. The lowest BCUT2D eigenvalue weighted by molar-refractivity contribution is -0.144.